The third kappa shape index (κ3) is 5.53. The average molecular weight is 425 g/mol. The lowest BCUT2D eigenvalue weighted by molar-refractivity contribution is -0.122. The molecule has 1 N–H and O–H groups in total. The Kier molecular flexibility index (Phi) is 6.76. The van der Waals surface area contributed by atoms with Gasteiger partial charge in [-0.15, -0.1) is 5.10 Å². The summed E-state index contributed by atoms with van der Waals surface area (Å²) in [5.74, 6) is -1.38. The van der Waals surface area contributed by atoms with E-state index in [0.29, 0.717) is 16.9 Å². The number of rotatable bonds is 7. The Hall–Kier alpha value is -4.01. The van der Waals surface area contributed by atoms with Gasteiger partial charge in [0.1, 0.15) is 5.82 Å². The van der Waals surface area contributed by atoms with E-state index in [1.165, 1.54) is 49.4 Å². The molecule has 0 aliphatic rings. The van der Waals surface area contributed by atoms with Crippen LogP contribution in [0.3, 0.4) is 0 Å². The van der Waals surface area contributed by atoms with Gasteiger partial charge in [-0.1, -0.05) is 6.07 Å². The summed E-state index contributed by atoms with van der Waals surface area (Å²) in [4.78, 5) is 36.4. The number of carbonyl (C=O) groups is 2. The number of aromatic nitrogens is 2. The number of amides is 1. The maximum atomic E-state index is 13.1. The van der Waals surface area contributed by atoms with Gasteiger partial charge in [0.05, 0.1) is 17.9 Å². The minimum atomic E-state index is -0.960. The largest absolute Gasteiger partial charge is 0.463 e. The Morgan fingerprint density at radius 3 is 2.58 bits per heavy atom. The zero-order valence-electron chi connectivity index (χ0n) is 16.9. The van der Waals surface area contributed by atoms with Crippen molar-refractivity contribution in [2.45, 2.75) is 20.0 Å². The van der Waals surface area contributed by atoms with E-state index in [4.69, 9.17) is 9.47 Å². The molecule has 0 saturated heterocycles. The van der Waals surface area contributed by atoms with Crippen molar-refractivity contribution in [2.24, 2.45) is 0 Å². The molecule has 0 spiro atoms. The molecule has 0 fully saturated rings. The van der Waals surface area contributed by atoms with Gasteiger partial charge in [-0.2, -0.15) is 4.68 Å². The molecule has 1 atom stereocenters. The molecule has 0 aliphatic carbocycles. The third-order valence-electron chi connectivity index (χ3n) is 4.15. The second-order valence-corrected chi connectivity index (χ2v) is 6.45. The molecule has 160 valence electrons. The van der Waals surface area contributed by atoms with Crippen LogP contribution in [0.25, 0.3) is 5.69 Å². The maximum Gasteiger partial charge on any atom is 0.338 e. The van der Waals surface area contributed by atoms with Gasteiger partial charge in [0.15, 0.2) is 6.10 Å². The first-order valence-corrected chi connectivity index (χ1v) is 9.48. The van der Waals surface area contributed by atoms with Gasteiger partial charge in [-0.05, 0) is 56.3 Å². The molecule has 0 aliphatic heterocycles. The first-order valence-electron chi connectivity index (χ1n) is 9.48. The van der Waals surface area contributed by atoms with Gasteiger partial charge >= 0.3 is 5.97 Å². The van der Waals surface area contributed by atoms with Crippen LogP contribution in [0.5, 0.6) is 5.88 Å². The van der Waals surface area contributed by atoms with E-state index in [1.807, 2.05) is 0 Å². The van der Waals surface area contributed by atoms with Crippen molar-refractivity contribution in [1.82, 2.24) is 9.78 Å². The second-order valence-electron chi connectivity index (χ2n) is 6.45. The van der Waals surface area contributed by atoms with Crippen LogP contribution in [0.4, 0.5) is 10.1 Å². The van der Waals surface area contributed by atoms with Crippen LogP contribution in [0.2, 0.25) is 0 Å². The van der Waals surface area contributed by atoms with Gasteiger partial charge < -0.3 is 14.8 Å². The standard InChI is InChI=1S/C22H20FN3O5/c1-3-30-22(29)15-5-4-6-17(13-15)24-21(28)14(2)31-19-11-12-20(27)26(25-19)18-9-7-16(23)8-10-18/h4-14H,3H2,1-2H3,(H,24,28)/t14-/m1/s1. The molecule has 0 bridgehead atoms. The highest BCUT2D eigenvalue weighted by molar-refractivity contribution is 5.96. The van der Waals surface area contributed by atoms with Crippen molar-refractivity contribution in [3.8, 4) is 11.6 Å². The maximum absolute atomic E-state index is 13.1. The number of benzene rings is 2. The number of nitrogens with one attached hydrogen (secondary N) is 1. The van der Waals surface area contributed by atoms with Crippen LogP contribution in [-0.4, -0.2) is 34.4 Å². The molecule has 31 heavy (non-hydrogen) atoms. The van der Waals surface area contributed by atoms with Crippen LogP contribution in [0.15, 0.2) is 65.5 Å². The van der Waals surface area contributed by atoms with Crippen molar-refractivity contribution in [3.63, 3.8) is 0 Å². The summed E-state index contributed by atoms with van der Waals surface area (Å²) < 4.78 is 24.7. The number of halogens is 1. The van der Waals surface area contributed by atoms with Gasteiger partial charge in [-0.25, -0.2) is 9.18 Å². The number of hydrogen-bond acceptors (Lipinski definition) is 6. The number of ether oxygens (including phenoxy) is 2. The van der Waals surface area contributed by atoms with E-state index in [9.17, 15) is 18.8 Å². The molecule has 3 aromatic rings. The van der Waals surface area contributed by atoms with Gasteiger partial charge in [0.25, 0.3) is 11.5 Å². The topological polar surface area (TPSA) is 99.5 Å². The molecular weight excluding hydrogens is 405 g/mol. The van der Waals surface area contributed by atoms with Crippen molar-refractivity contribution in [3.05, 3.63) is 82.4 Å². The summed E-state index contributed by atoms with van der Waals surface area (Å²) in [6.07, 6.45) is -0.960. The number of esters is 1. The molecule has 3 rings (SSSR count). The molecule has 0 saturated carbocycles. The van der Waals surface area contributed by atoms with Crippen LogP contribution >= 0.6 is 0 Å². The quantitative estimate of drug-likeness (QED) is 0.585. The van der Waals surface area contributed by atoms with Crippen LogP contribution < -0.4 is 15.6 Å². The molecule has 9 heteroatoms. The fourth-order valence-corrected chi connectivity index (χ4v) is 2.64. The molecule has 1 aromatic heterocycles. The van der Waals surface area contributed by atoms with Crippen molar-refractivity contribution in [2.75, 3.05) is 11.9 Å². The number of anilines is 1. The van der Waals surface area contributed by atoms with E-state index in [2.05, 4.69) is 10.4 Å². The summed E-state index contributed by atoms with van der Waals surface area (Å²) in [5.41, 5.74) is 0.619. The lowest BCUT2D eigenvalue weighted by atomic mass is 10.2. The molecule has 1 amide bonds. The van der Waals surface area contributed by atoms with Crippen molar-refractivity contribution < 1.29 is 23.5 Å². The van der Waals surface area contributed by atoms with Gasteiger partial charge in [0, 0.05) is 17.8 Å². The highest BCUT2D eigenvalue weighted by Gasteiger charge is 2.17. The summed E-state index contributed by atoms with van der Waals surface area (Å²) in [6.45, 7) is 3.46. The first kappa shape index (κ1) is 21.7. The zero-order valence-corrected chi connectivity index (χ0v) is 16.9. The Balaban J connectivity index is 1.71. The number of nitrogens with zero attached hydrogens (tertiary/aromatic N) is 2. The number of carbonyl (C=O) groups excluding carboxylic acids is 2. The minimum absolute atomic E-state index is 0.0341. The van der Waals surface area contributed by atoms with E-state index in [1.54, 1.807) is 25.1 Å². The zero-order chi connectivity index (χ0) is 22.4. The Morgan fingerprint density at radius 2 is 1.87 bits per heavy atom. The third-order valence-corrected chi connectivity index (χ3v) is 4.15. The van der Waals surface area contributed by atoms with E-state index in [0.717, 1.165) is 4.68 Å². The van der Waals surface area contributed by atoms with Crippen LogP contribution in [0, 0.1) is 5.82 Å². The lowest BCUT2D eigenvalue weighted by Crippen LogP contribution is -2.31. The smallest absolute Gasteiger partial charge is 0.338 e. The Labute approximate surface area is 177 Å². The van der Waals surface area contributed by atoms with E-state index >= 15 is 0 Å². The summed E-state index contributed by atoms with van der Waals surface area (Å²) in [5, 5.41) is 6.73. The predicted octanol–water partition coefficient (Wildman–Crippen LogP) is 2.95. The summed E-state index contributed by atoms with van der Waals surface area (Å²) >= 11 is 0. The van der Waals surface area contributed by atoms with Crippen molar-refractivity contribution >= 4 is 17.6 Å². The minimum Gasteiger partial charge on any atom is -0.463 e. The molecule has 0 radical (unpaired) electrons. The Morgan fingerprint density at radius 1 is 1.13 bits per heavy atom. The first-order chi connectivity index (χ1) is 14.9. The predicted molar refractivity (Wildman–Crippen MR) is 111 cm³/mol. The fraction of sp³-hybridized carbons (Fsp3) is 0.182. The van der Waals surface area contributed by atoms with Gasteiger partial charge in [-0.3, -0.25) is 9.59 Å². The van der Waals surface area contributed by atoms with E-state index in [-0.39, 0.29) is 12.5 Å². The molecule has 8 nitrogen and oxygen atoms in total. The second kappa shape index (κ2) is 9.66. The molecule has 2 aromatic carbocycles. The van der Waals surface area contributed by atoms with Gasteiger partial charge in [0.2, 0.25) is 5.88 Å². The summed E-state index contributed by atoms with van der Waals surface area (Å²) in [6, 6.07) is 14.1. The molecule has 1 heterocycles. The normalized spacial score (nSPS) is 11.5. The molecule has 0 unspecified atom stereocenters. The van der Waals surface area contributed by atoms with Crippen LogP contribution in [0.1, 0.15) is 24.2 Å². The summed E-state index contributed by atoms with van der Waals surface area (Å²) in [7, 11) is 0. The van der Waals surface area contributed by atoms with E-state index < -0.39 is 29.4 Å². The number of hydrogen-bond donors (Lipinski definition) is 1. The SMILES string of the molecule is CCOC(=O)c1cccc(NC(=O)[C@@H](C)Oc2ccc(=O)n(-c3ccc(F)cc3)n2)c1. The highest BCUT2D eigenvalue weighted by atomic mass is 19.1. The lowest BCUT2D eigenvalue weighted by Gasteiger charge is -2.15. The van der Waals surface area contributed by atoms with Crippen molar-refractivity contribution in [1.29, 1.82) is 0 Å². The average Bonchev–Trinajstić information content (AvgIpc) is 2.76. The monoisotopic (exact) mass is 425 g/mol. The fourth-order valence-electron chi connectivity index (χ4n) is 2.64. The Bertz CT molecular complexity index is 1140. The highest BCUT2D eigenvalue weighted by Crippen LogP contribution is 2.14. The van der Waals surface area contributed by atoms with Crippen LogP contribution in [-0.2, 0) is 9.53 Å². The molecular formula is C22H20FN3O5.